The highest BCUT2D eigenvalue weighted by atomic mass is 32.2. The van der Waals surface area contributed by atoms with E-state index in [4.69, 9.17) is 0 Å². The topological polar surface area (TPSA) is 24.9 Å². The average Bonchev–Trinajstić information content (AvgIpc) is 2.50. The van der Waals surface area contributed by atoms with Crippen molar-refractivity contribution < 1.29 is 0 Å². The first kappa shape index (κ1) is 6.98. The van der Waals surface area contributed by atoms with E-state index in [-0.39, 0.29) is 0 Å². The summed E-state index contributed by atoms with van der Waals surface area (Å²) in [6, 6.07) is 2.08. The summed E-state index contributed by atoms with van der Waals surface area (Å²) in [7, 11) is 0. The van der Waals surface area contributed by atoms with E-state index in [1.54, 1.807) is 11.8 Å². The van der Waals surface area contributed by atoms with Gasteiger partial charge in [-0.15, -0.1) is 11.8 Å². The van der Waals surface area contributed by atoms with E-state index < -0.39 is 0 Å². The van der Waals surface area contributed by atoms with E-state index in [9.17, 15) is 0 Å². The molecule has 1 aromatic rings. The summed E-state index contributed by atoms with van der Waals surface area (Å²) in [6.07, 6.45) is 5.09. The molecule has 0 unspecified atom stereocenters. The van der Waals surface area contributed by atoms with Crippen molar-refractivity contribution in [1.29, 1.82) is 0 Å². The van der Waals surface area contributed by atoms with Crippen LogP contribution in [0.3, 0.4) is 0 Å². The first-order valence-electron chi connectivity index (χ1n) is 3.67. The zero-order chi connectivity index (χ0) is 7.68. The minimum atomic E-state index is 1.04. The van der Waals surface area contributed by atoms with E-state index in [0.717, 1.165) is 18.8 Å². The fourth-order valence-corrected chi connectivity index (χ4v) is 2.01. The molecule has 11 heavy (non-hydrogen) atoms. The molecule has 1 aromatic heterocycles. The summed E-state index contributed by atoms with van der Waals surface area (Å²) in [5.74, 6) is 1.08. The molecule has 0 saturated carbocycles. The predicted octanol–water partition coefficient (Wildman–Crippen LogP) is 1.77. The fraction of sp³-hybridized carbons (Fsp3) is 0.375. The van der Waals surface area contributed by atoms with Gasteiger partial charge in [-0.1, -0.05) is 0 Å². The summed E-state index contributed by atoms with van der Waals surface area (Å²) in [5.41, 5.74) is 1.39. The van der Waals surface area contributed by atoms with Crippen LogP contribution >= 0.6 is 11.8 Å². The number of aromatic nitrogens is 1. The quantitative estimate of drug-likeness (QED) is 0.644. The van der Waals surface area contributed by atoms with Crippen molar-refractivity contribution in [3.05, 3.63) is 17.8 Å². The molecule has 58 valence electrons. The number of fused-ring (bicyclic) bond motifs is 1. The lowest BCUT2D eigenvalue weighted by Crippen LogP contribution is -1.92. The maximum atomic E-state index is 4.24. The van der Waals surface area contributed by atoms with Crippen molar-refractivity contribution in [2.24, 2.45) is 0 Å². The van der Waals surface area contributed by atoms with Gasteiger partial charge >= 0.3 is 0 Å². The van der Waals surface area contributed by atoms with Gasteiger partial charge in [-0.05, 0) is 18.7 Å². The molecular weight excluding hydrogens is 156 g/mol. The molecule has 2 nitrogen and oxygen atoms in total. The van der Waals surface area contributed by atoms with Crippen LogP contribution in [0.5, 0.6) is 0 Å². The molecule has 1 N–H and O–H groups in total. The molecule has 0 saturated heterocycles. The number of nitrogens with zero attached hydrogens (tertiary/aromatic N) is 1. The fourth-order valence-electron chi connectivity index (χ4n) is 1.37. The maximum absolute atomic E-state index is 4.24. The zero-order valence-electron chi connectivity index (χ0n) is 6.42. The highest BCUT2D eigenvalue weighted by molar-refractivity contribution is 7.98. The van der Waals surface area contributed by atoms with Gasteiger partial charge in [-0.3, -0.25) is 0 Å². The van der Waals surface area contributed by atoms with E-state index in [2.05, 4.69) is 22.6 Å². The highest BCUT2D eigenvalue weighted by Gasteiger charge is 2.13. The first-order chi connectivity index (χ1) is 5.42. The Hall–Kier alpha value is -0.700. The molecular formula is C8H10N2S. The minimum Gasteiger partial charge on any atom is -0.369 e. The van der Waals surface area contributed by atoms with E-state index >= 15 is 0 Å². The summed E-state index contributed by atoms with van der Waals surface area (Å²) in [5, 5.41) is 3.25. The largest absolute Gasteiger partial charge is 0.369 e. The second kappa shape index (κ2) is 2.74. The monoisotopic (exact) mass is 166 g/mol. The summed E-state index contributed by atoms with van der Waals surface area (Å²) < 4.78 is 0. The molecule has 0 radical (unpaired) electrons. The van der Waals surface area contributed by atoms with Crippen LogP contribution in [-0.2, 0) is 6.42 Å². The van der Waals surface area contributed by atoms with Crippen LogP contribution in [0.2, 0.25) is 0 Å². The molecule has 1 aliphatic rings. The zero-order valence-corrected chi connectivity index (χ0v) is 7.24. The van der Waals surface area contributed by atoms with Crippen molar-refractivity contribution in [2.45, 2.75) is 11.3 Å². The molecule has 0 aromatic carbocycles. The van der Waals surface area contributed by atoms with Gasteiger partial charge in [0.2, 0.25) is 0 Å². The predicted molar refractivity (Wildman–Crippen MR) is 48.2 cm³/mol. The average molecular weight is 166 g/mol. The second-order valence-corrected chi connectivity index (χ2v) is 3.37. The van der Waals surface area contributed by atoms with Crippen molar-refractivity contribution >= 4 is 17.6 Å². The third-order valence-electron chi connectivity index (χ3n) is 1.90. The standard InChI is InChI=1S/C8H10N2S/c1-11-7-3-5-10-8-6(7)2-4-9-8/h3,5H,2,4H2,1H3,(H,9,10). The first-order valence-corrected chi connectivity index (χ1v) is 4.90. The molecule has 2 heterocycles. The Kier molecular flexibility index (Phi) is 1.74. The number of nitrogens with one attached hydrogen (secondary N) is 1. The van der Waals surface area contributed by atoms with Gasteiger partial charge in [0.15, 0.2) is 0 Å². The summed E-state index contributed by atoms with van der Waals surface area (Å²) in [4.78, 5) is 5.60. The third-order valence-corrected chi connectivity index (χ3v) is 2.72. The van der Waals surface area contributed by atoms with Gasteiger partial charge in [-0.2, -0.15) is 0 Å². The number of rotatable bonds is 1. The lowest BCUT2D eigenvalue weighted by atomic mass is 10.2. The molecule has 1 aliphatic heterocycles. The van der Waals surface area contributed by atoms with Crippen molar-refractivity contribution in [3.8, 4) is 0 Å². The normalized spacial score (nSPS) is 14.3. The summed E-state index contributed by atoms with van der Waals surface area (Å²) >= 11 is 1.79. The Bertz CT molecular complexity index is 273. The van der Waals surface area contributed by atoms with Crippen molar-refractivity contribution in [1.82, 2.24) is 4.98 Å². The lowest BCUT2D eigenvalue weighted by molar-refractivity contribution is 1.07. The van der Waals surface area contributed by atoms with Crippen LogP contribution in [0.15, 0.2) is 17.2 Å². The van der Waals surface area contributed by atoms with Crippen LogP contribution in [-0.4, -0.2) is 17.8 Å². The van der Waals surface area contributed by atoms with Crippen molar-refractivity contribution in [3.63, 3.8) is 0 Å². The Morgan fingerprint density at radius 2 is 2.55 bits per heavy atom. The number of hydrogen-bond donors (Lipinski definition) is 1. The van der Waals surface area contributed by atoms with Crippen molar-refractivity contribution in [2.75, 3.05) is 18.1 Å². The van der Waals surface area contributed by atoms with E-state index in [1.165, 1.54) is 10.5 Å². The van der Waals surface area contributed by atoms with Gasteiger partial charge < -0.3 is 5.32 Å². The smallest absolute Gasteiger partial charge is 0.130 e. The van der Waals surface area contributed by atoms with Crippen LogP contribution in [0.1, 0.15) is 5.56 Å². The molecule has 3 heteroatoms. The molecule has 0 spiro atoms. The van der Waals surface area contributed by atoms with Gasteiger partial charge in [0, 0.05) is 23.2 Å². The van der Waals surface area contributed by atoms with Gasteiger partial charge in [0.05, 0.1) is 0 Å². The molecule has 0 fully saturated rings. The number of pyridine rings is 1. The van der Waals surface area contributed by atoms with Crippen LogP contribution in [0, 0.1) is 0 Å². The molecule has 2 rings (SSSR count). The lowest BCUT2D eigenvalue weighted by Gasteiger charge is -2.01. The van der Waals surface area contributed by atoms with Crippen LogP contribution in [0.25, 0.3) is 0 Å². The molecule has 0 bridgehead atoms. The van der Waals surface area contributed by atoms with Gasteiger partial charge in [0.25, 0.3) is 0 Å². The Labute approximate surface area is 70.4 Å². The van der Waals surface area contributed by atoms with Gasteiger partial charge in [-0.25, -0.2) is 4.98 Å². The maximum Gasteiger partial charge on any atom is 0.130 e. The third kappa shape index (κ3) is 1.09. The number of anilines is 1. The number of thioether (sulfide) groups is 1. The Balaban J connectivity index is 2.50. The van der Waals surface area contributed by atoms with E-state index in [0.29, 0.717) is 0 Å². The van der Waals surface area contributed by atoms with E-state index in [1.807, 2.05) is 6.20 Å². The number of hydrogen-bond acceptors (Lipinski definition) is 3. The molecule has 0 atom stereocenters. The van der Waals surface area contributed by atoms with Crippen LogP contribution in [0.4, 0.5) is 5.82 Å². The molecule has 0 amide bonds. The molecule has 0 aliphatic carbocycles. The SMILES string of the molecule is CSc1ccnc2c1CCN2. The highest BCUT2D eigenvalue weighted by Crippen LogP contribution is 2.28. The van der Waals surface area contributed by atoms with Gasteiger partial charge in [0.1, 0.15) is 5.82 Å². The van der Waals surface area contributed by atoms with Crippen LogP contribution < -0.4 is 5.32 Å². The minimum absolute atomic E-state index is 1.04. The Morgan fingerprint density at radius 3 is 3.36 bits per heavy atom. The Morgan fingerprint density at radius 1 is 1.64 bits per heavy atom. The second-order valence-electron chi connectivity index (χ2n) is 2.52. The summed E-state index contributed by atoms with van der Waals surface area (Å²) in [6.45, 7) is 1.04.